The first-order valence-electron chi connectivity index (χ1n) is 7.93. The van der Waals surface area contributed by atoms with Gasteiger partial charge in [0.25, 0.3) is 0 Å². The van der Waals surface area contributed by atoms with Gasteiger partial charge < -0.3 is 9.64 Å². The molecule has 0 radical (unpaired) electrons. The Morgan fingerprint density at radius 3 is 2.96 bits per heavy atom. The minimum absolute atomic E-state index is 0.236. The van der Waals surface area contributed by atoms with Crippen molar-refractivity contribution in [1.82, 2.24) is 9.97 Å². The van der Waals surface area contributed by atoms with Gasteiger partial charge in [0, 0.05) is 24.7 Å². The van der Waals surface area contributed by atoms with Crippen LogP contribution in [0.3, 0.4) is 0 Å². The summed E-state index contributed by atoms with van der Waals surface area (Å²) in [6.07, 6.45) is 0.680. The van der Waals surface area contributed by atoms with Crippen LogP contribution in [0.25, 0.3) is 0 Å². The molecule has 2 unspecified atom stereocenters. The summed E-state index contributed by atoms with van der Waals surface area (Å²) in [4.78, 5) is 10.5. The maximum atomic E-state index is 14.6. The Labute approximate surface area is 140 Å². The molecule has 24 heavy (non-hydrogen) atoms. The molecule has 1 aliphatic rings. The van der Waals surface area contributed by atoms with E-state index in [0.717, 1.165) is 11.4 Å². The third-order valence-electron chi connectivity index (χ3n) is 4.10. The molecule has 2 heterocycles. The Morgan fingerprint density at radius 1 is 1.38 bits per heavy atom. The van der Waals surface area contributed by atoms with E-state index in [9.17, 15) is 4.39 Å². The molecule has 1 saturated heterocycles. The summed E-state index contributed by atoms with van der Waals surface area (Å²) in [5, 5.41) is 8.93. The zero-order valence-corrected chi connectivity index (χ0v) is 13.7. The standard InChI is InChI=1S/C18H19FN4O/c1-12-10-21-13(2)22-18(12)23-7-6-17(16(19)11-23)24-15-5-3-4-14(8-15)9-20/h3-5,8,10,16-17H,6-7,11H2,1-2H3. The van der Waals surface area contributed by atoms with Gasteiger partial charge in [-0.3, -0.25) is 0 Å². The van der Waals surface area contributed by atoms with Crippen molar-refractivity contribution >= 4 is 5.82 Å². The van der Waals surface area contributed by atoms with Crippen LogP contribution >= 0.6 is 0 Å². The van der Waals surface area contributed by atoms with E-state index in [1.54, 1.807) is 30.5 Å². The summed E-state index contributed by atoms with van der Waals surface area (Å²) >= 11 is 0. The van der Waals surface area contributed by atoms with Crippen LogP contribution in [0.15, 0.2) is 30.5 Å². The number of nitrogens with zero attached hydrogens (tertiary/aromatic N) is 4. The third kappa shape index (κ3) is 3.46. The zero-order valence-electron chi connectivity index (χ0n) is 13.7. The number of hydrogen-bond acceptors (Lipinski definition) is 5. The number of halogens is 1. The first-order chi connectivity index (χ1) is 11.6. The van der Waals surface area contributed by atoms with E-state index >= 15 is 0 Å². The van der Waals surface area contributed by atoms with Gasteiger partial charge in [-0.1, -0.05) is 6.07 Å². The highest BCUT2D eigenvalue weighted by Gasteiger charge is 2.32. The predicted octanol–water partition coefficient (Wildman–Crippen LogP) is 2.96. The van der Waals surface area contributed by atoms with Crippen LogP contribution in [-0.4, -0.2) is 35.3 Å². The minimum atomic E-state index is -1.13. The Hall–Kier alpha value is -2.68. The van der Waals surface area contributed by atoms with E-state index in [4.69, 9.17) is 10.00 Å². The number of anilines is 1. The molecule has 0 amide bonds. The van der Waals surface area contributed by atoms with Crippen molar-refractivity contribution in [2.24, 2.45) is 0 Å². The Morgan fingerprint density at radius 2 is 2.21 bits per heavy atom. The van der Waals surface area contributed by atoms with Crippen LogP contribution in [0.5, 0.6) is 5.75 Å². The molecule has 1 aromatic carbocycles. The fourth-order valence-electron chi connectivity index (χ4n) is 2.86. The molecule has 0 saturated carbocycles. The lowest BCUT2D eigenvalue weighted by molar-refractivity contribution is 0.0818. The van der Waals surface area contributed by atoms with Crippen LogP contribution in [0.4, 0.5) is 10.2 Å². The van der Waals surface area contributed by atoms with Crippen LogP contribution in [0, 0.1) is 25.2 Å². The van der Waals surface area contributed by atoms with Crippen molar-refractivity contribution in [1.29, 1.82) is 5.26 Å². The smallest absolute Gasteiger partial charge is 0.154 e. The quantitative estimate of drug-likeness (QED) is 0.868. The molecule has 124 valence electrons. The summed E-state index contributed by atoms with van der Waals surface area (Å²) in [6, 6.07) is 8.88. The first-order valence-corrected chi connectivity index (χ1v) is 7.93. The van der Waals surface area contributed by atoms with Crippen LogP contribution in [-0.2, 0) is 0 Å². The molecule has 5 nitrogen and oxygen atoms in total. The van der Waals surface area contributed by atoms with Gasteiger partial charge in [-0.2, -0.15) is 5.26 Å². The van der Waals surface area contributed by atoms with Gasteiger partial charge in [-0.05, 0) is 32.0 Å². The van der Waals surface area contributed by atoms with Crippen molar-refractivity contribution in [2.75, 3.05) is 18.0 Å². The Balaban J connectivity index is 1.69. The predicted molar refractivity (Wildman–Crippen MR) is 88.8 cm³/mol. The second-order valence-electron chi connectivity index (χ2n) is 5.97. The normalized spacial score (nSPS) is 20.5. The number of piperidine rings is 1. The fraction of sp³-hybridized carbons (Fsp3) is 0.389. The summed E-state index contributed by atoms with van der Waals surface area (Å²) in [5.74, 6) is 2.00. The lowest BCUT2D eigenvalue weighted by Gasteiger charge is -2.36. The molecular formula is C18H19FN4O. The SMILES string of the molecule is Cc1ncc(C)c(N2CCC(Oc3cccc(C#N)c3)C(F)C2)n1. The maximum Gasteiger partial charge on any atom is 0.154 e. The lowest BCUT2D eigenvalue weighted by Crippen LogP contribution is -2.47. The van der Waals surface area contributed by atoms with Gasteiger partial charge in [0.05, 0.1) is 18.2 Å². The highest BCUT2D eigenvalue weighted by Crippen LogP contribution is 2.26. The van der Waals surface area contributed by atoms with E-state index in [-0.39, 0.29) is 6.54 Å². The van der Waals surface area contributed by atoms with E-state index in [1.807, 2.05) is 18.7 Å². The number of aromatic nitrogens is 2. The number of nitriles is 1. The molecule has 0 aliphatic carbocycles. The summed E-state index contributed by atoms with van der Waals surface area (Å²) in [6.45, 7) is 4.66. The number of alkyl halides is 1. The van der Waals surface area contributed by atoms with Crippen molar-refractivity contribution in [3.63, 3.8) is 0 Å². The number of ether oxygens (including phenoxy) is 1. The van der Waals surface area contributed by atoms with E-state index in [0.29, 0.717) is 30.1 Å². The molecule has 0 N–H and O–H groups in total. The van der Waals surface area contributed by atoms with Crippen molar-refractivity contribution in [2.45, 2.75) is 32.5 Å². The number of hydrogen-bond donors (Lipinski definition) is 0. The average Bonchev–Trinajstić information content (AvgIpc) is 2.59. The van der Waals surface area contributed by atoms with Gasteiger partial charge in [0.1, 0.15) is 23.5 Å². The molecule has 2 atom stereocenters. The number of rotatable bonds is 3. The van der Waals surface area contributed by atoms with Gasteiger partial charge in [0.2, 0.25) is 0 Å². The Bertz CT molecular complexity index is 774. The number of aryl methyl sites for hydroxylation is 2. The monoisotopic (exact) mass is 326 g/mol. The Kier molecular flexibility index (Phi) is 4.61. The van der Waals surface area contributed by atoms with Crippen LogP contribution < -0.4 is 9.64 Å². The summed E-state index contributed by atoms with van der Waals surface area (Å²) < 4.78 is 20.4. The van der Waals surface area contributed by atoms with Crippen molar-refractivity contribution in [3.8, 4) is 11.8 Å². The van der Waals surface area contributed by atoms with E-state index < -0.39 is 12.3 Å². The minimum Gasteiger partial charge on any atom is -0.487 e. The molecule has 1 aromatic heterocycles. The molecule has 6 heteroatoms. The van der Waals surface area contributed by atoms with Crippen LogP contribution in [0.1, 0.15) is 23.4 Å². The third-order valence-corrected chi connectivity index (χ3v) is 4.10. The second-order valence-corrected chi connectivity index (χ2v) is 5.97. The molecular weight excluding hydrogens is 307 g/mol. The highest BCUT2D eigenvalue weighted by atomic mass is 19.1. The summed E-state index contributed by atoms with van der Waals surface area (Å²) in [5.41, 5.74) is 1.45. The van der Waals surface area contributed by atoms with Gasteiger partial charge in [-0.25, -0.2) is 14.4 Å². The molecule has 1 fully saturated rings. The topological polar surface area (TPSA) is 62.0 Å². The summed E-state index contributed by atoms with van der Waals surface area (Å²) in [7, 11) is 0. The van der Waals surface area contributed by atoms with E-state index in [2.05, 4.69) is 16.0 Å². The van der Waals surface area contributed by atoms with Crippen molar-refractivity contribution < 1.29 is 9.13 Å². The highest BCUT2D eigenvalue weighted by molar-refractivity contribution is 5.46. The number of benzene rings is 1. The first kappa shape index (κ1) is 16.2. The van der Waals surface area contributed by atoms with Crippen molar-refractivity contribution in [3.05, 3.63) is 47.4 Å². The van der Waals surface area contributed by atoms with E-state index in [1.165, 1.54) is 0 Å². The maximum absolute atomic E-state index is 14.6. The van der Waals surface area contributed by atoms with Crippen LogP contribution in [0.2, 0.25) is 0 Å². The largest absolute Gasteiger partial charge is 0.487 e. The average molecular weight is 326 g/mol. The fourth-order valence-corrected chi connectivity index (χ4v) is 2.86. The molecule has 3 rings (SSSR count). The van der Waals surface area contributed by atoms with Gasteiger partial charge >= 0.3 is 0 Å². The second kappa shape index (κ2) is 6.83. The van der Waals surface area contributed by atoms with Gasteiger partial charge in [0.15, 0.2) is 6.17 Å². The molecule has 0 spiro atoms. The molecule has 2 aromatic rings. The molecule has 1 aliphatic heterocycles. The molecule has 0 bridgehead atoms. The zero-order chi connectivity index (χ0) is 17.1. The lowest BCUT2D eigenvalue weighted by atomic mass is 10.1. The van der Waals surface area contributed by atoms with Gasteiger partial charge in [-0.15, -0.1) is 0 Å².